The minimum atomic E-state index is -0.619. The van der Waals surface area contributed by atoms with E-state index < -0.39 is 6.10 Å². The Bertz CT molecular complexity index is 898. The SMILES string of the molecule is O=C(CCCOCC(O)CNc1ccc2ccccc2c1)OCc1ccccc1. The van der Waals surface area contributed by atoms with Crippen LogP contribution < -0.4 is 5.32 Å². The molecular weight excluding hydrogens is 366 g/mol. The molecular formula is C24H27NO4. The van der Waals surface area contributed by atoms with Crippen LogP contribution in [0.1, 0.15) is 18.4 Å². The third-order valence-electron chi connectivity index (χ3n) is 4.51. The minimum absolute atomic E-state index is 0.222. The van der Waals surface area contributed by atoms with Crippen molar-refractivity contribution in [2.45, 2.75) is 25.6 Å². The molecule has 5 heteroatoms. The van der Waals surface area contributed by atoms with E-state index in [1.807, 2.05) is 48.5 Å². The largest absolute Gasteiger partial charge is 0.461 e. The topological polar surface area (TPSA) is 67.8 Å². The van der Waals surface area contributed by atoms with Crippen molar-refractivity contribution in [2.75, 3.05) is 25.1 Å². The van der Waals surface area contributed by atoms with Crippen LogP contribution in [0.4, 0.5) is 5.69 Å². The van der Waals surface area contributed by atoms with Crippen molar-refractivity contribution in [3.63, 3.8) is 0 Å². The van der Waals surface area contributed by atoms with E-state index in [0.29, 0.717) is 32.6 Å². The van der Waals surface area contributed by atoms with Crippen molar-refractivity contribution in [1.82, 2.24) is 0 Å². The highest BCUT2D eigenvalue weighted by atomic mass is 16.5. The molecule has 3 rings (SSSR count). The van der Waals surface area contributed by atoms with Gasteiger partial charge in [0.1, 0.15) is 6.61 Å². The molecule has 0 radical (unpaired) electrons. The molecule has 2 N–H and O–H groups in total. The second kappa shape index (κ2) is 11.2. The first-order chi connectivity index (χ1) is 14.2. The number of carbonyl (C=O) groups is 1. The standard InChI is InChI=1S/C24H27NO4/c26-23(16-25-22-13-12-20-9-4-5-10-21(20)15-22)18-28-14-6-11-24(27)29-17-19-7-2-1-3-8-19/h1-5,7-10,12-13,15,23,25-26H,6,11,14,16-18H2. The van der Waals surface area contributed by atoms with Gasteiger partial charge in [0.25, 0.3) is 0 Å². The summed E-state index contributed by atoms with van der Waals surface area (Å²) in [6.45, 7) is 1.32. The summed E-state index contributed by atoms with van der Waals surface area (Å²) < 4.78 is 10.7. The lowest BCUT2D eigenvalue weighted by molar-refractivity contribution is -0.145. The number of aliphatic hydroxyl groups is 1. The third-order valence-corrected chi connectivity index (χ3v) is 4.51. The molecule has 0 saturated carbocycles. The van der Waals surface area contributed by atoms with E-state index in [0.717, 1.165) is 16.6 Å². The maximum atomic E-state index is 11.7. The van der Waals surface area contributed by atoms with Gasteiger partial charge in [-0.2, -0.15) is 0 Å². The van der Waals surface area contributed by atoms with Crippen molar-refractivity contribution in [3.05, 3.63) is 78.4 Å². The molecule has 0 fully saturated rings. The highest BCUT2D eigenvalue weighted by Crippen LogP contribution is 2.18. The molecule has 0 spiro atoms. The molecule has 152 valence electrons. The van der Waals surface area contributed by atoms with Gasteiger partial charge in [0.2, 0.25) is 0 Å². The average Bonchev–Trinajstić information content (AvgIpc) is 2.76. The first kappa shape index (κ1) is 20.8. The number of esters is 1. The number of ether oxygens (including phenoxy) is 2. The predicted octanol–water partition coefficient (Wildman–Crippen LogP) is 4.15. The lowest BCUT2D eigenvalue weighted by Gasteiger charge is -2.13. The van der Waals surface area contributed by atoms with Crippen molar-refractivity contribution in [1.29, 1.82) is 0 Å². The smallest absolute Gasteiger partial charge is 0.306 e. The summed E-state index contributed by atoms with van der Waals surface area (Å²) >= 11 is 0. The van der Waals surface area contributed by atoms with Crippen molar-refractivity contribution in [3.8, 4) is 0 Å². The molecule has 1 atom stereocenters. The van der Waals surface area contributed by atoms with Gasteiger partial charge in [0.05, 0.1) is 12.7 Å². The van der Waals surface area contributed by atoms with Gasteiger partial charge in [0, 0.05) is 25.3 Å². The third kappa shape index (κ3) is 7.22. The fraction of sp³-hybridized carbons (Fsp3) is 0.292. The Balaban J connectivity index is 1.26. The Hall–Kier alpha value is -2.89. The molecule has 3 aromatic rings. The van der Waals surface area contributed by atoms with Crippen molar-refractivity contribution < 1.29 is 19.4 Å². The monoisotopic (exact) mass is 393 g/mol. The summed E-state index contributed by atoms with van der Waals surface area (Å²) in [6, 6.07) is 23.9. The molecule has 0 heterocycles. The average molecular weight is 393 g/mol. The van der Waals surface area contributed by atoms with Crippen LogP contribution in [0.5, 0.6) is 0 Å². The Labute approximate surface area is 171 Å². The van der Waals surface area contributed by atoms with Crippen molar-refractivity contribution >= 4 is 22.4 Å². The van der Waals surface area contributed by atoms with Gasteiger partial charge in [-0.3, -0.25) is 4.79 Å². The number of rotatable bonds is 11. The number of aliphatic hydroxyl groups excluding tert-OH is 1. The number of benzene rings is 3. The molecule has 1 unspecified atom stereocenters. The summed E-state index contributed by atoms with van der Waals surface area (Å²) in [5.74, 6) is -0.240. The zero-order valence-electron chi connectivity index (χ0n) is 16.4. The van der Waals surface area contributed by atoms with Crippen LogP contribution in [0.2, 0.25) is 0 Å². The van der Waals surface area contributed by atoms with Crippen LogP contribution in [0.15, 0.2) is 72.8 Å². The summed E-state index contributed by atoms with van der Waals surface area (Å²) in [5.41, 5.74) is 1.93. The highest BCUT2D eigenvalue weighted by Gasteiger charge is 2.07. The van der Waals surface area contributed by atoms with Crippen LogP contribution in [0, 0.1) is 0 Å². The van der Waals surface area contributed by atoms with E-state index in [2.05, 4.69) is 29.6 Å². The maximum Gasteiger partial charge on any atom is 0.306 e. The fourth-order valence-corrected chi connectivity index (χ4v) is 2.94. The van der Waals surface area contributed by atoms with Crippen LogP contribution in [-0.2, 0) is 20.9 Å². The summed E-state index contributed by atoms with van der Waals surface area (Å²) in [6.07, 6.45) is 0.253. The normalized spacial score (nSPS) is 11.9. The van der Waals surface area contributed by atoms with E-state index in [4.69, 9.17) is 9.47 Å². The van der Waals surface area contributed by atoms with E-state index >= 15 is 0 Å². The molecule has 0 aliphatic heterocycles. The molecule has 3 aromatic carbocycles. The van der Waals surface area contributed by atoms with E-state index in [1.54, 1.807) is 0 Å². The summed E-state index contributed by atoms with van der Waals surface area (Å²) in [4.78, 5) is 11.7. The van der Waals surface area contributed by atoms with Gasteiger partial charge in [-0.05, 0) is 34.9 Å². The molecule has 0 aliphatic rings. The zero-order chi connectivity index (χ0) is 20.3. The summed E-state index contributed by atoms with van der Waals surface area (Å²) in [7, 11) is 0. The molecule has 5 nitrogen and oxygen atoms in total. The van der Waals surface area contributed by atoms with Gasteiger partial charge in [-0.25, -0.2) is 0 Å². The van der Waals surface area contributed by atoms with E-state index in [-0.39, 0.29) is 12.6 Å². The lowest BCUT2D eigenvalue weighted by atomic mass is 10.1. The number of carbonyl (C=O) groups excluding carboxylic acids is 1. The Morgan fingerprint density at radius 1 is 0.966 bits per heavy atom. The first-order valence-corrected chi connectivity index (χ1v) is 9.89. The Morgan fingerprint density at radius 3 is 2.55 bits per heavy atom. The molecule has 0 aromatic heterocycles. The molecule has 0 saturated heterocycles. The highest BCUT2D eigenvalue weighted by molar-refractivity contribution is 5.85. The minimum Gasteiger partial charge on any atom is -0.461 e. The van der Waals surface area contributed by atoms with E-state index in [9.17, 15) is 9.90 Å². The van der Waals surface area contributed by atoms with Crippen molar-refractivity contribution in [2.24, 2.45) is 0 Å². The Kier molecular flexibility index (Phi) is 8.04. The molecule has 0 bridgehead atoms. The first-order valence-electron chi connectivity index (χ1n) is 9.89. The van der Waals surface area contributed by atoms with Crippen LogP contribution in [-0.4, -0.2) is 36.9 Å². The fourth-order valence-electron chi connectivity index (χ4n) is 2.94. The molecule has 0 amide bonds. The second-order valence-corrected chi connectivity index (χ2v) is 6.92. The lowest BCUT2D eigenvalue weighted by Crippen LogP contribution is -2.25. The number of hydrogen-bond acceptors (Lipinski definition) is 5. The van der Waals surface area contributed by atoms with Gasteiger partial charge >= 0.3 is 5.97 Å². The molecule has 0 aliphatic carbocycles. The molecule has 29 heavy (non-hydrogen) atoms. The van der Waals surface area contributed by atoms with Gasteiger partial charge in [-0.15, -0.1) is 0 Å². The van der Waals surface area contributed by atoms with Gasteiger partial charge in [0.15, 0.2) is 0 Å². The zero-order valence-corrected chi connectivity index (χ0v) is 16.4. The number of hydrogen-bond donors (Lipinski definition) is 2. The number of fused-ring (bicyclic) bond motifs is 1. The maximum absolute atomic E-state index is 11.7. The van der Waals surface area contributed by atoms with Crippen LogP contribution in [0.3, 0.4) is 0 Å². The van der Waals surface area contributed by atoms with Gasteiger partial charge < -0.3 is 19.9 Å². The van der Waals surface area contributed by atoms with E-state index in [1.165, 1.54) is 5.39 Å². The number of nitrogens with one attached hydrogen (secondary N) is 1. The van der Waals surface area contributed by atoms with Crippen LogP contribution in [0.25, 0.3) is 10.8 Å². The van der Waals surface area contributed by atoms with Gasteiger partial charge in [-0.1, -0.05) is 60.7 Å². The summed E-state index contributed by atoms with van der Waals surface area (Å²) in [5, 5.41) is 15.6. The van der Waals surface area contributed by atoms with Crippen LogP contribution >= 0.6 is 0 Å². The number of anilines is 1. The predicted molar refractivity (Wildman–Crippen MR) is 115 cm³/mol. The second-order valence-electron chi connectivity index (χ2n) is 6.92. The quantitative estimate of drug-likeness (QED) is 0.378. The Morgan fingerprint density at radius 2 is 1.72 bits per heavy atom.